The Morgan fingerprint density at radius 3 is 1.50 bits per heavy atom. The number of aliphatic hydroxyl groups excluding tert-OH is 1. The van der Waals surface area contributed by atoms with Gasteiger partial charge in [-0.1, -0.05) is 0 Å². The molecule has 1 unspecified atom stereocenters. The van der Waals surface area contributed by atoms with Crippen molar-refractivity contribution in [3.05, 3.63) is 0 Å². The normalized spacial score (nSPS) is 8.20. The van der Waals surface area contributed by atoms with Gasteiger partial charge in [0.05, 0.1) is 0 Å². The number of hydrogen-bond acceptors (Lipinski definition) is 4. The first kappa shape index (κ1) is 32.3. The van der Waals surface area contributed by atoms with Crippen molar-refractivity contribution in [3.63, 3.8) is 0 Å². The Balaban J connectivity index is -0.0000000208. The van der Waals surface area contributed by atoms with Gasteiger partial charge in [-0.25, -0.2) is 4.79 Å². The Labute approximate surface area is 73.3 Å². The molecule has 1 atom stereocenters. The van der Waals surface area contributed by atoms with Gasteiger partial charge >= 0.3 is 5.97 Å². The van der Waals surface area contributed by atoms with Crippen LogP contribution in [0.4, 0.5) is 0 Å². The number of hydrogen-bond donors (Lipinski definition) is 3. The smallest absolute Gasteiger partial charge is 0.332 e. The zero-order valence-electron chi connectivity index (χ0n) is 5.77. The molecular formula is C3H12NO5Ti-. The summed E-state index contributed by atoms with van der Waals surface area (Å²) in [5.41, 5.74) is 0. The van der Waals surface area contributed by atoms with E-state index in [1.165, 1.54) is 6.92 Å². The zero-order chi connectivity index (χ0) is 5.15. The molecule has 0 amide bonds. The Bertz CT molecular complexity index is 67.9. The van der Waals surface area contributed by atoms with E-state index in [2.05, 4.69) is 0 Å². The first-order valence-corrected chi connectivity index (χ1v) is 1.55. The van der Waals surface area contributed by atoms with Crippen molar-refractivity contribution in [1.29, 1.82) is 0 Å². The van der Waals surface area contributed by atoms with E-state index in [1.54, 1.807) is 0 Å². The van der Waals surface area contributed by atoms with Crippen molar-refractivity contribution < 1.29 is 47.7 Å². The second-order valence-electron chi connectivity index (χ2n) is 1.01. The van der Waals surface area contributed by atoms with Gasteiger partial charge in [-0.2, -0.15) is 0 Å². The maximum Gasteiger partial charge on any atom is 0.332 e. The predicted octanol–water partition coefficient (Wildman–Crippen LogP) is -0.528. The topological polar surface area (TPSA) is 154 Å². The Morgan fingerprint density at radius 2 is 1.50 bits per heavy atom. The second-order valence-corrected chi connectivity index (χ2v) is 1.01. The zero-order valence-corrected chi connectivity index (χ0v) is 7.34. The summed E-state index contributed by atoms with van der Waals surface area (Å²) in [6, 6.07) is 0. The molecular weight excluding hydrogens is 178 g/mol. The molecule has 64 valence electrons. The molecule has 0 heterocycles. The van der Waals surface area contributed by atoms with E-state index in [0.717, 1.165) is 0 Å². The van der Waals surface area contributed by atoms with Crippen LogP contribution in [0.15, 0.2) is 0 Å². The molecule has 0 rings (SSSR count). The van der Waals surface area contributed by atoms with E-state index in [9.17, 15) is 4.79 Å². The van der Waals surface area contributed by atoms with E-state index in [0.29, 0.717) is 0 Å². The van der Waals surface area contributed by atoms with E-state index in [-0.39, 0.29) is 38.8 Å². The average molecular weight is 190 g/mol. The largest absolute Gasteiger partial charge is 0.870 e. The summed E-state index contributed by atoms with van der Waals surface area (Å²) in [6.07, 6.45) is -1.23. The second kappa shape index (κ2) is 16.0. The molecule has 0 spiro atoms. The first-order chi connectivity index (χ1) is 2.64. The molecule has 0 saturated heterocycles. The first-order valence-electron chi connectivity index (χ1n) is 1.55. The van der Waals surface area contributed by atoms with Crippen molar-refractivity contribution >= 4 is 5.97 Å². The van der Waals surface area contributed by atoms with Gasteiger partial charge in [0.1, 0.15) is 6.10 Å². The number of carbonyl (C=O) groups is 1. The van der Waals surface area contributed by atoms with Crippen LogP contribution in [0.25, 0.3) is 0 Å². The molecule has 0 aromatic heterocycles. The number of rotatable bonds is 1. The van der Waals surface area contributed by atoms with E-state index in [4.69, 9.17) is 10.2 Å². The molecule has 0 bridgehead atoms. The maximum atomic E-state index is 9.45. The number of carboxylic acids is 1. The van der Waals surface area contributed by atoms with Crippen LogP contribution in [0, 0.1) is 0 Å². The Kier molecular flexibility index (Phi) is 51.8. The standard InChI is InChI=1S/C3H6O3.H3N.2H2O.Ti/c1-2(4)3(5)6;;;;/h2,4H,1H3,(H,5,6);1H3;2*1H2;/p-1. The molecule has 0 aromatic carbocycles. The summed E-state index contributed by atoms with van der Waals surface area (Å²) in [6.45, 7) is 1.20. The summed E-state index contributed by atoms with van der Waals surface area (Å²) in [5.74, 6) is -1.19. The van der Waals surface area contributed by atoms with Crippen molar-refractivity contribution in [3.8, 4) is 0 Å². The van der Waals surface area contributed by atoms with Gasteiger partial charge in [-0.05, 0) is 6.92 Å². The fourth-order valence-electron chi connectivity index (χ4n) is 0. The molecule has 0 aliphatic heterocycles. The van der Waals surface area contributed by atoms with Crippen LogP contribution in [0.2, 0.25) is 0 Å². The maximum absolute atomic E-state index is 9.45. The molecule has 0 aliphatic carbocycles. The minimum absolute atomic E-state index is 0. The van der Waals surface area contributed by atoms with Crippen molar-refractivity contribution in [2.75, 3.05) is 0 Å². The molecule has 7 heteroatoms. The van der Waals surface area contributed by atoms with Crippen LogP contribution in [-0.2, 0) is 26.5 Å². The van der Waals surface area contributed by atoms with Crippen LogP contribution in [0.5, 0.6) is 0 Å². The fraction of sp³-hybridized carbons (Fsp3) is 0.667. The SMILES string of the molecule is CC(O)C(=O)O.[NH4+].[OH-].[OH-].[Ti]. The molecule has 0 aromatic rings. The molecule has 8 N–H and O–H groups in total. The van der Waals surface area contributed by atoms with Crippen LogP contribution in [0.1, 0.15) is 6.92 Å². The Morgan fingerprint density at radius 1 is 1.40 bits per heavy atom. The van der Waals surface area contributed by atoms with Gasteiger partial charge in [-0.3, -0.25) is 0 Å². The molecule has 0 fully saturated rings. The summed E-state index contributed by atoms with van der Waals surface area (Å²) in [5, 5.41) is 15.8. The number of aliphatic hydroxyl groups is 1. The summed E-state index contributed by atoms with van der Waals surface area (Å²) < 4.78 is 0. The van der Waals surface area contributed by atoms with Gasteiger partial charge in [0.2, 0.25) is 0 Å². The van der Waals surface area contributed by atoms with Gasteiger partial charge < -0.3 is 27.3 Å². The van der Waals surface area contributed by atoms with Crippen LogP contribution in [-0.4, -0.2) is 33.2 Å². The predicted molar refractivity (Wildman–Crippen MR) is 29.2 cm³/mol. The van der Waals surface area contributed by atoms with Crippen molar-refractivity contribution in [2.45, 2.75) is 13.0 Å². The summed E-state index contributed by atoms with van der Waals surface area (Å²) >= 11 is 0. The molecule has 0 radical (unpaired) electrons. The molecule has 10 heavy (non-hydrogen) atoms. The van der Waals surface area contributed by atoms with E-state index >= 15 is 0 Å². The summed E-state index contributed by atoms with van der Waals surface area (Å²) in [7, 11) is 0. The van der Waals surface area contributed by atoms with Crippen LogP contribution < -0.4 is 6.15 Å². The van der Waals surface area contributed by atoms with E-state index < -0.39 is 12.1 Å². The Hall–Kier alpha value is 0.0243. The van der Waals surface area contributed by atoms with Crippen LogP contribution in [0.3, 0.4) is 0 Å². The third-order valence-corrected chi connectivity index (χ3v) is 0.357. The monoisotopic (exact) mass is 190 g/mol. The third-order valence-electron chi connectivity index (χ3n) is 0.357. The van der Waals surface area contributed by atoms with Gasteiger partial charge in [-0.15, -0.1) is 0 Å². The number of quaternary nitrogens is 1. The number of carboxylic acid groups (broad SMARTS) is 1. The average Bonchev–Trinajstić information content (AvgIpc) is 1.36. The van der Waals surface area contributed by atoms with Crippen molar-refractivity contribution in [1.82, 2.24) is 6.15 Å². The molecule has 0 saturated carbocycles. The fourth-order valence-corrected chi connectivity index (χ4v) is 0. The minimum atomic E-state index is -1.23. The minimum Gasteiger partial charge on any atom is -0.870 e. The molecule has 0 aliphatic rings. The molecule has 6 nitrogen and oxygen atoms in total. The number of aliphatic carboxylic acids is 1. The van der Waals surface area contributed by atoms with Crippen molar-refractivity contribution in [2.24, 2.45) is 0 Å². The van der Waals surface area contributed by atoms with Gasteiger partial charge in [0.25, 0.3) is 0 Å². The third kappa shape index (κ3) is 24.4. The van der Waals surface area contributed by atoms with Gasteiger partial charge in [0.15, 0.2) is 0 Å². The quantitative estimate of drug-likeness (QED) is 0.474. The summed E-state index contributed by atoms with van der Waals surface area (Å²) in [4.78, 5) is 9.45. The van der Waals surface area contributed by atoms with Gasteiger partial charge in [0, 0.05) is 21.7 Å². The van der Waals surface area contributed by atoms with Crippen LogP contribution >= 0.6 is 0 Å². The van der Waals surface area contributed by atoms with E-state index in [1.807, 2.05) is 0 Å².